The van der Waals surface area contributed by atoms with E-state index >= 15 is 0 Å². The van der Waals surface area contributed by atoms with Crippen LogP contribution < -0.4 is 20.1 Å². The number of hydrazone groups is 1. The van der Waals surface area contributed by atoms with Gasteiger partial charge in [-0.1, -0.05) is 23.7 Å². The summed E-state index contributed by atoms with van der Waals surface area (Å²) < 4.78 is 24.8. The summed E-state index contributed by atoms with van der Waals surface area (Å²) in [6.07, 6.45) is 3.19. The van der Waals surface area contributed by atoms with E-state index in [2.05, 4.69) is 30.7 Å². The minimum Gasteiger partial charge on any atom is -0.496 e. The Morgan fingerprint density at radius 1 is 1.16 bits per heavy atom. The summed E-state index contributed by atoms with van der Waals surface area (Å²) in [5.74, 6) is 2.11. The fourth-order valence-corrected chi connectivity index (χ4v) is 4.14. The number of ether oxygens (including phenoxy) is 2. The van der Waals surface area contributed by atoms with Gasteiger partial charge in [0.25, 0.3) is 0 Å². The van der Waals surface area contributed by atoms with Gasteiger partial charge < -0.3 is 20.1 Å². The Kier molecular flexibility index (Phi) is 7.50. The second-order valence-electron chi connectivity index (χ2n) is 8.42. The van der Waals surface area contributed by atoms with Crippen LogP contribution in [0.5, 0.6) is 11.5 Å². The van der Waals surface area contributed by atoms with Crippen LogP contribution in [-0.2, 0) is 6.61 Å². The van der Waals surface area contributed by atoms with Crippen LogP contribution in [0, 0.1) is 5.82 Å². The van der Waals surface area contributed by atoms with E-state index in [1.807, 2.05) is 25.2 Å². The molecule has 194 valence electrons. The van der Waals surface area contributed by atoms with E-state index in [4.69, 9.17) is 21.1 Å². The largest absolute Gasteiger partial charge is 0.496 e. The third-order valence-electron chi connectivity index (χ3n) is 5.80. The third kappa shape index (κ3) is 5.76. The van der Waals surface area contributed by atoms with E-state index in [9.17, 15) is 4.39 Å². The Balaban J connectivity index is 1.37. The Bertz CT molecular complexity index is 1530. The predicted molar refractivity (Wildman–Crippen MR) is 147 cm³/mol. The first-order chi connectivity index (χ1) is 18.5. The molecule has 5 rings (SSSR count). The summed E-state index contributed by atoms with van der Waals surface area (Å²) >= 11 is 6.48. The lowest BCUT2D eigenvalue weighted by molar-refractivity contribution is 0.306. The number of rotatable bonds is 8. The number of methoxy groups -OCH3 is 1. The van der Waals surface area contributed by atoms with E-state index in [1.54, 1.807) is 42.6 Å². The molecule has 9 nitrogen and oxygen atoms in total. The first-order valence-corrected chi connectivity index (χ1v) is 12.2. The molecule has 0 aliphatic carbocycles. The Labute approximate surface area is 224 Å². The van der Waals surface area contributed by atoms with Gasteiger partial charge in [0.1, 0.15) is 36.1 Å². The van der Waals surface area contributed by atoms with E-state index in [0.717, 1.165) is 24.0 Å². The molecule has 0 amide bonds. The highest BCUT2D eigenvalue weighted by molar-refractivity contribution is 6.32. The average Bonchev–Trinajstić information content (AvgIpc) is 3.46. The van der Waals surface area contributed by atoms with Crippen LogP contribution in [0.4, 0.5) is 15.9 Å². The number of hydrogen-bond acceptors (Lipinski definition) is 9. The van der Waals surface area contributed by atoms with Crippen molar-refractivity contribution in [2.24, 2.45) is 10.1 Å². The third-order valence-corrected chi connectivity index (χ3v) is 6.09. The molecule has 1 aliphatic heterocycles. The lowest BCUT2D eigenvalue weighted by Crippen LogP contribution is -2.32. The van der Waals surface area contributed by atoms with Gasteiger partial charge in [0, 0.05) is 36.3 Å². The van der Waals surface area contributed by atoms with E-state index in [1.165, 1.54) is 18.5 Å². The lowest BCUT2D eigenvalue weighted by Gasteiger charge is -2.14. The second kappa shape index (κ2) is 11.3. The number of fused-ring (bicyclic) bond motifs is 1. The average molecular weight is 534 g/mol. The van der Waals surface area contributed by atoms with Gasteiger partial charge in [0.05, 0.1) is 30.4 Å². The number of aliphatic imine (C=N–C) groups is 1. The number of nitrogens with zero attached hydrogens (tertiary/aromatic N) is 5. The quantitative estimate of drug-likeness (QED) is 0.243. The SMILES string of the molecule is COc1cc2ncnc(Nc3ccc(OCc4cccc(F)c4)c(Cl)c3)c2cc1/C=N/N(C)C1=NCCN1. The molecule has 0 radical (unpaired) electrons. The van der Waals surface area contributed by atoms with E-state index in [-0.39, 0.29) is 12.4 Å². The molecule has 4 aromatic rings. The van der Waals surface area contributed by atoms with Crippen molar-refractivity contribution in [1.82, 2.24) is 20.3 Å². The summed E-state index contributed by atoms with van der Waals surface area (Å²) in [5.41, 5.74) is 2.88. The van der Waals surface area contributed by atoms with E-state index in [0.29, 0.717) is 45.1 Å². The number of nitrogens with one attached hydrogen (secondary N) is 2. The summed E-state index contributed by atoms with van der Waals surface area (Å²) in [5, 5.41) is 13.8. The van der Waals surface area contributed by atoms with Crippen molar-refractivity contribution in [3.63, 3.8) is 0 Å². The molecule has 0 saturated heterocycles. The first-order valence-electron chi connectivity index (χ1n) is 11.8. The first kappa shape index (κ1) is 25.2. The Morgan fingerprint density at radius 2 is 2.05 bits per heavy atom. The minimum absolute atomic E-state index is 0.200. The van der Waals surface area contributed by atoms with Crippen LogP contribution >= 0.6 is 11.6 Å². The summed E-state index contributed by atoms with van der Waals surface area (Å²) in [6.45, 7) is 1.72. The van der Waals surface area contributed by atoms with Gasteiger partial charge in [-0.2, -0.15) is 5.10 Å². The molecule has 0 unspecified atom stereocenters. The van der Waals surface area contributed by atoms with Gasteiger partial charge in [0.15, 0.2) is 0 Å². The maximum absolute atomic E-state index is 13.4. The monoisotopic (exact) mass is 533 g/mol. The zero-order valence-electron chi connectivity index (χ0n) is 20.8. The fourth-order valence-electron chi connectivity index (χ4n) is 3.90. The van der Waals surface area contributed by atoms with Crippen molar-refractivity contribution in [1.29, 1.82) is 0 Å². The number of guanidine groups is 1. The second-order valence-corrected chi connectivity index (χ2v) is 8.83. The molecule has 0 bridgehead atoms. The minimum atomic E-state index is -0.312. The van der Waals surface area contributed by atoms with Crippen molar-refractivity contribution >= 4 is 46.2 Å². The van der Waals surface area contributed by atoms with Crippen molar-refractivity contribution in [3.05, 3.63) is 82.9 Å². The number of halogens is 2. The molecule has 0 saturated carbocycles. The van der Waals surface area contributed by atoms with Crippen LogP contribution in [0.2, 0.25) is 5.02 Å². The molecule has 11 heteroatoms. The predicted octanol–water partition coefficient (Wildman–Crippen LogP) is 4.98. The van der Waals surface area contributed by atoms with Crippen molar-refractivity contribution in [2.75, 3.05) is 32.6 Å². The maximum atomic E-state index is 13.4. The normalized spacial score (nSPS) is 12.9. The van der Waals surface area contributed by atoms with Gasteiger partial charge in [-0.25, -0.2) is 24.4 Å². The summed E-state index contributed by atoms with van der Waals surface area (Å²) in [7, 11) is 3.43. The molecule has 38 heavy (non-hydrogen) atoms. The highest BCUT2D eigenvalue weighted by atomic mass is 35.5. The summed E-state index contributed by atoms with van der Waals surface area (Å²) in [4.78, 5) is 13.2. The van der Waals surface area contributed by atoms with Crippen molar-refractivity contribution in [2.45, 2.75) is 6.61 Å². The Hall–Kier alpha value is -4.44. The maximum Gasteiger partial charge on any atom is 0.214 e. The number of anilines is 2. The van der Waals surface area contributed by atoms with Crippen LogP contribution in [0.15, 0.2) is 71.0 Å². The fraction of sp³-hybridized carbons (Fsp3) is 0.185. The molecule has 1 aromatic heterocycles. The molecule has 0 fully saturated rings. The van der Waals surface area contributed by atoms with Crippen LogP contribution in [0.25, 0.3) is 10.9 Å². The molecule has 0 atom stereocenters. The smallest absolute Gasteiger partial charge is 0.214 e. The zero-order valence-corrected chi connectivity index (χ0v) is 21.5. The number of aromatic nitrogens is 2. The van der Waals surface area contributed by atoms with Gasteiger partial charge in [-0.3, -0.25) is 0 Å². The molecule has 2 N–H and O–H groups in total. The van der Waals surface area contributed by atoms with Gasteiger partial charge in [-0.05, 0) is 42.0 Å². The van der Waals surface area contributed by atoms with Crippen molar-refractivity contribution < 1.29 is 13.9 Å². The van der Waals surface area contributed by atoms with Gasteiger partial charge in [0.2, 0.25) is 5.96 Å². The van der Waals surface area contributed by atoms with Crippen LogP contribution in [0.3, 0.4) is 0 Å². The molecule has 3 aromatic carbocycles. The molecule has 2 heterocycles. The van der Waals surface area contributed by atoms with Crippen molar-refractivity contribution in [3.8, 4) is 11.5 Å². The van der Waals surface area contributed by atoms with E-state index < -0.39 is 0 Å². The lowest BCUT2D eigenvalue weighted by atomic mass is 10.1. The molecular weight excluding hydrogens is 509 g/mol. The highest BCUT2D eigenvalue weighted by Gasteiger charge is 2.13. The standard InChI is InChI=1S/C27H25ClFN7O2/c1-36(27-30-8-9-31-27)34-14-18-11-21-23(13-25(18)37-2)32-16-33-26(21)35-20-6-7-24(22(28)12-20)38-15-17-4-3-5-19(29)10-17/h3-7,10-14,16H,8-9,15H2,1-2H3,(H,30,31)(H,32,33,35)/b34-14+. The van der Waals surface area contributed by atoms with Gasteiger partial charge in [-0.15, -0.1) is 0 Å². The Morgan fingerprint density at radius 3 is 2.82 bits per heavy atom. The molecule has 0 spiro atoms. The van der Waals surface area contributed by atoms with Crippen LogP contribution in [0.1, 0.15) is 11.1 Å². The molecule has 1 aliphatic rings. The highest BCUT2D eigenvalue weighted by Crippen LogP contribution is 2.32. The number of benzene rings is 3. The topological polar surface area (TPSA) is 96.3 Å². The summed E-state index contributed by atoms with van der Waals surface area (Å²) in [6, 6.07) is 15.3. The zero-order chi connectivity index (χ0) is 26.5. The van der Waals surface area contributed by atoms with Gasteiger partial charge >= 0.3 is 0 Å². The number of hydrogen-bond donors (Lipinski definition) is 2. The van der Waals surface area contributed by atoms with Crippen LogP contribution in [-0.4, -0.2) is 54.4 Å². The molecular formula is C27H25ClFN7O2.